The van der Waals surface area contributed by atoms with Crippen LogP contribution in [0.2, 0.25) is 0 Å². The zero-order chi connectivity index (χ0) is 13.5. The summed E-state index contributed by atoms with van der Waals surface area (Å²) in [5.74, 6) is 1.81. The highest BCUT2D eigenvalue weighted by Gasteiger charge is 2.13. The molecule has 0 saturated carbocycles. The van der Waals surface area contributed by atoms with Crippen LogP contribution in [0.4, 0.5) is 0 Å². The fourth-order valence-corrected chi connectivity index (χ4v) is 2.73. The van der Waals surface area contributed by atoms with Crippen LogP contribution in [-0.2, 0) is 6.54 Å². The molecule has 0 radical (unpaired) electrons. The SMILES string of the molecule is COc1cccc(CN(C)CCC2CCCNC2)c1. The number of hydrogen-bond donors (Lipinski definition) is 1. The molecule has 106 valence electrons. The van der Waals surface area contributed by atoms with Crippen molar-refractivity contribution in [3.63, 3.8) is 0 Å². The standard InChI is InChI=1S/C16H26N2O/c1-18(10-8-14-6-4-9-17-12-14)13-15-5-3-7-16(11-15)19-2/h3,5,7,11,14,17H,4,6,8-10,12-13H2,1-2H3. The normalized spacial score (nSPS) is 19.6. The van der Waals surface area contributed by atoms with Gasteiger partial charge in [-0.3, -0.25) is 0 Å². The molecule has 1 aliphatic heterocycles. The van der Waals surface area contributed by atoms with Crippen molar-refractivity contribution in [2.75, 3.05) is 33.8 Å². The first-order valence-electron chi connectivity index (χ1n) is 7.30. The summed E-state index contributed by atoms with van der Waals surface area (Å²) < 4.78 is 5.26. The zero-order valence-electron chi connectivity index (χ0n) is 12.2. The highest BCUT2D eigenvalue weighted by atomic mass is 16.5. The topological polar surface area (TPSA) is 24.5 Å². The Bertz CT molecular complexity index is 375. The maximum Gasteiger partial charge on any atom is 0.119 e. The van der Waals surface area contributed by atoms with Gasteiger partial charge >= 0.3 is 0 Å². The van der Waals surface area contributed by atoms with Crippen molar-refractivity contribution in [3.8, 4) is 5.75 Å². The molecule has 0 aromatic heterocycles. The third-order valence-corrected chi connectivity index (χ3v) is 3.90. The smallest absolute Gasteiger partial charge is 0.119 e. The summed E-state index contributed by atoms with van der Waals surface area (Å²) in [5, 5.41) is 3.49. The number of hydrogen-bond acceptors (Lipinski definition) is 3. The first-order valence-corrected chi connectivity index (χ1v) is 7.30. The molecule has 0 amide bonds. The maximum absolute atomic E-state index is 5.26. The summed E-state index contributed by atoms with van der Waals surface area (Å²) >= 11 is 0. The Kier molecular flexibility index (Phi) is 5.67. The number of nitrogens with zero attached hydrogens (tertiary/aromatic N) is 1. The summed E-state index contributed by atoms with van der Waals surface area (Å²) in [7, 11) is 3.93. The summed E-state index contributed by atoms with van der Waals surface area (Å²) in [6.45, 7) is 4.57. The largest absolute Gasteiger partial charge is 0.497 e. The van der Waals surface area contributed by atoms with Crippen molar-refractivity contribution in [2.24, 2.45) is 5.92 Å². The lowest BCUT2D eigenvalue weighted by Crippen LogP contribution is -2.32. The molecule has 1 aromatic rings. The van der Waals surface area contributed by atoms with E-state index < -0.39 is 0 Å². The number of benzene rings is 1. The quantitative estimate of drug-likeness (QED) is 0.852. The van der Waals surface area contributed by atoms with Crippen LogP contribution in [0.5, 0.6) is 5.75 Å². The molecule has 3 nitrogen and oxygen atoms in total. The molecular formula is C16H26N2O. The first kappa shape index (κ1) is 14.4. The second-order valence-corrected chi connectivity index (χ2v) is 5.59. The minimum Gasteiger partial charge on any atom is -0.497 e. The number of piperidine rings is 1. The highest BCUT2D eigenvalue weighted by Crippen LogP contribution is 2.16. The summed E-state index contributed by atoms with van der Waals surface area (Å²) in [6.07, 6.45) is 4.03. The van der Waals surface area contributed by atoms with E-state index in [2.05, 4.69) is 35.5 Å². The first-order chi connectivity index (χ1) is 9.28. The second kappa shape index (κ2) is 7.51. The van der Waals surface area contributed by atoms with Gasteiger partial charge < -0.3 is 15.0 Å². The van der Waals surface area contributed by atoms with Gasteiger partial charge in [-0.25, -0.2) is 0 Å². The molecule has 19 heavy (non-hydrogen) atoms. The molecule has 1 atom stereocenters. The van der Waals surface area contributed by atoms with Crippen LogP contribution in [0.1, 0.15) is 24.8 Å². The monoisotopic (exact) mass is 262 g/mol. The fraction of sp³-hybridized carbons (Fsp3) is 0.625. The summed E-state index contributed by atoms with van der Waals surface area (Å²) in [4.78, 5) is 2.41. The number of nitrogens with one attached hydrogen (secondary N) is 1. The molecule has 3 heteroatoms. The van der Waals surface area contributed by atoms with E-state index >= 15 is 0 Å². The Balaban J connectivity index is 1.75. The minimum atomic E-state index is 0.863. The lowest BCUT2D eigenvalue weighted by Gasteiger charge is -2.25. The van der Waals surface area contributed by atoms with Crippen LogP contribution in [-0.4, -0.2) is 38.7 Å². The van der Waals surface area contributed by atoms with Crippen molar-refractivity contribution >= 4 is 0 Å². The molecule has 1 heterocycles. The van der Waals surface area contributed by atoms with E-state index in [1.54, 1.807) is 7.11 Å². The van der Waals surface area contributed by atoms with Crippen LogP contribution < -0.4 is 10.1 Å². The van der Waals surface area contributed by atoms with E-state index in [9.17, 15) is 0 Å². The third-order valence-electron chi connectivity index (χ3n) is 3.90. The van der Waals surface area contributed by atoms with Crippen molar-refractivity contribution in [1.82, 2.24) is 10.2 Å². The maximum atomic E-state index is 5.26. The fourth-order valence-electron chi connectivity index (χ4n) is 2.73. The molecule has 0 spiro atoms. The average molecular weight is 262 g/mol. The van der Waals surface area contributed by atoms with E-state index in [0.717, 1.165) is 18.2 Å². The molecule has 2 rings (SSSR count). The Morgan fingerprint density at radius 1 is 1.42 bits per heavy atom. The van der Waals surface area contributed by atoms with Gasteiger partial charge in [-0.2, -0.15) is 0 Å². The van der Waals surface area contributed by atoms with Gasteiger partial charge in [0.1, 0.15) is 5.75 Å². The van der Waals surface area contributed by atoms with Crippen molar-refractivity contribution < 1.29 is 4.74 Å². The van der Waals surface area contributed by atoms with Gasteiger partial charge in [0.15, 0.2) is 0 Å². The van der Waals surface area contributed by atoms with E-state index in [0.29, 0.717) is 0 Å². The van der Waals surface area contributed by atoms with Crippen LogP contribution >= 0.6 is 0 Å². The minimum absolute atomic E-state index is 0.863. The number of ether oxygens (including phenoxy) is 1. The van der Waals surface area contributed by atoms with Gasteiger partial charge in [0.25, 0.3) is 0 Å². The zero-order valence-corrected chi connectivity index (χ0v) is 12.2. The Labute approximate surface area is 116 Å². The van der Waals surface area contributed by atoms with Crippen LogP contribution in [0.25, 0.3) is 0 Å². The molecule has 1 saturated heterocycles. The molecule has 0 bridgehead atoms. The van der Waals surface area contributed by atoms with Crippen molar-refractivity contribution in [2.45, 2.75) is 25.8 Å². The predicted octanol–water partition coefficient (Wildman–Crippen LogP) is 2.52. The molecule has 1 aromatic carbocycles. The van der Waals surface area contributed by atoms with Gasteiger partial charge in [-0.1, -0.05) is 12.1 Å². The van der Waals surface area contributed by atoms with Gasteiger partial charge in [0.05, 0.1) is 7.11 Å². The number of methoxy groups -OCH3 is 1. The molecule has 0 aliphatic carbocycles. The van der Waals surface area contributed by atoms with E-state index in [1.807, 2.05) is 6.07 Å². The molecular weight excluding hydrogens is 236 g/mol. The van der Waals surface area contributed by atoms with Crippen LogP contribution in [0.15, 0.2) is 24.3 Å². The van der Waals surface area contributed by atoms with Gasteiger partial charge in [0.2, 0.25) is 0 Å². The summed E-state index contributed by atoms with van der Waals surface area (Å²) in [6, 6.07) is 8.35. The third kappa shape index (κ3) is 4.84. The van der Waals surface area contributed by atoms with Crippen molar-refractivity contribution in [1.29, 1.82) is 0 Å². The average Bonchev–Trinajstić information content (AvgIpc) is 2.46. The Morgan fingerprint density at radius 3 is 3.05 bits per heavy atom. The van der Waals surface area contributed by atoms with Gasteiger partial charge in [0, 0.05) is 6.54 Å². The Hall–Kier alpha value is -1.06. The molecule has 1 unspecified atom stereocenters. The van der Waals surface area contributed by atoms with E-state index in [1.165, 1.54) is 44.5 Å². The lowest BCUT2D eigenvalue weighted by atomic mass is 9.96. The Morgan fingerprint density at radius 2 is 2.32 bits per heavy atom. The lowest BCUT2D eigenvalue weighted by molar-refractivity contribution is 0.268. The van der Waals surface area contributed by atoms with Gasteiger partial charge in [-0.05, 0) is 69.6 Å². The highest BCUT2D eigenvalue weighted by molar-refractivity contribution is 5.28. The second-order valence-electron chi connectivity index (χ2n) is 5.59. The van der Waals surface area contributed by atoms with E-state index in [4.69, 9.17) is 4.74 Å². The van der Waals surface area contributed by atoms with Crippen LogP contribution in [0.3, 0.4) is 0 Å². The van der Waals surface area contributed by atoms with Crippen molar-refractivity contribution in [3.05, 3.63) is 29.8 Å². The van der Waals surface area contributed by atoms with E-state index in [-0.39, 0.29) is 0 Å². The molecule has 1 N–H and O–H groups in total. The molecule has 1 aliphatic rings. The number of rotatable bonds is 6. The molecule has 1 fully saturated rings. The van der Waals surface area contributed by atoms with Gasteiger partial charge in [-0.15, -0.1) is 0 Å². The predicted molar refractivity (Wildman–Crippen MR) is 79.5 cm³/mol. The van der Waals surface area contributed by atoms with Crippen LogP contribution in [0, 0.1) is 5.92 Å². The summed E-state index contributed by atoms with van der Waals surface area (Å²) in [5.41, 5.74) is 1.32.